The number of hydrogen-bond donors (Lipinski definition) is 4. The smallest absolute Gasteiger partial charge is 0.150 e. The number of aliphatic imine (C=N–C) groups is 2. The first-order chi connectivity index (χ1) is 30.6. The van der Waals surface area contributed by atoms with Crippen LogP contribution in [0.15, 0.2) is 93.9 Å². The average Bonchev–Trinajstić information content (AvgIpc) is 4.04. The second kappa shape index (κ2) is 16.3. The average molecular weight is 843 g/mol. The van der Waals surface area contributed by atoms with Crippen LogP contribution in [-0.2, 0) is 25.7 Å². The third-order valence-electron chi connectivity index (χ3n) is 12.3. The molecule has 6 heterocycles. The molecule has 320 valence electrons. The quantitative estimate of drug-likeness (QED) is 0.116. The Labute approximate surface area is 374 Å². The standard InChI is InChI=1S/2C14H14N2.2C13H13N3/c1-8-3-4-10-11-5-9(2)6-12(11)14(15)16-13(10)7-8;1-8-3-4-13-11(5-8)10-6-9(2)7-12(10)14(15)16-13;1-7-3-4-11-9(5-7)10-6-8(2)15-12(10)13(14)16-11;1-7-3-4-9-10-6-8(2)15-12(10)13(14)16-11(9)5-7/h3-4,6-7H,5H2,1-2H3,(H2,15,16);3-5,7H,6H2,1-2H3,(H2,15,16);2*3-5H,6H2,1-2H3,(H2,14,16). The highest BCUT2D eigenvalue weighted by atomic mass is 14.9. The molecule has 0 saturated heterocycles. The summed E-state index contributed by atoms with van der Waals surface area (Å²) >= 11 is 0. The van der Waals surface area contributed by atoms with Crippen LogP contribution in [0.4, 0.5) is 34.6 Å². The highest BCUT2D eigenvalue weighted by Gasteiger charge is 2.21. The summed E-state index contributed by atoms with van der Waals surface area (Å²) in [6.07, 6.45) is 8.09. The van der Waals surface area contributed by atoms with Crippen molar-refractivity contribution >= 4 is 102 Å². The van der Waals surface area contributed by atoms with Crippen molar-refractivity contribution in [2.45, 2.75) is 81.1 Å². The van der Waals surface area contributed by atoms with Gasteiger partial charge in [0, 0.05) is 56.9 Å². The normalized spacial score (nSPS) is 14.0. The van der Waals surface area contributed by atoms with Crippen LogP contribution in [0.3, 0.4) is 0 Å². The second-order valence-electron chi connectivity index (χ2n) is 17.9. The maximum atomic E-state index is 5.99. The van der Waals surface area contributed by atoms with Gasteiger partial charge in [0.2, 0.25) is 0 Å². The molecule has 10 heteroatoms. The number of aromatic nitrogens is 4. The minimum atomic E-state index is 0.545. The highest BCUT2D eigenvalue weighted by molar-refractivity contribution is 6.03. The van der Waals surface area contributed by atoms with Crippen LogP contribution < -0.4 is 22.9 Å². The summed E-state index contributed by atoms with van der Waals surface area (Å²) in [7, 11) is 0. The lowest BCUT2D eigenvalue weighted by Crippen LogP contribution is -1.98. The third kappa shape index (κ3) is 7.92. The van der Waals surface area contributed by atoms with Crippen molar-refractivity contribution in [3.8, 4) is 0 Å². The molecular weight excluding hydrogens is 789 g/mol. The molecule has 0 saturated carbocycles. The van der Waals surface area contributed by atoms with Gasteiger partial charge in [0.15, 0.2) is 0 Å². The zero-order valence-corrected chi connectivity index (χ0v) is 37.9. The molecule has 12 rings (SSSR count). The van der Waals surface area contributed by atoms with E-state index in [1.807, 2.05) is 19.9 Å². The molecule has 8 N–H and O–H groups in total. The second-order valence-corrected chi connectivity index (χ2v) is 17.9. The van der Waals surface area contributed by atoms with Gasteiger partial charge in [0.05, 0.1) is 22.1 Å². The minimum Gasteiger partial charge on any atom is -0.383 e. The Hall–Kier alpha value is -7.46. The molecule has 0 radical (unpaired) electrons. The number of rotatable bonds is 0. The van der Waals surface area contributed by atoms with Crippen molar-refractivity contribution in [3.05, 3.63) is 140 Å². The molecule has 4 aliphatic rings. The summed E-state index contributed by atoms with van der Waals surface area (Å²) < 4.78 is 0. The summed E-state index contributed by atoms with van der Waals surface area (Å²) in [4.78, 5) is 26.7. The van der Waals surface area contributed by atoms with Crippen LogP contribution >= 0.6 is 0 Å². The molecule has 4 aromatic heterocycles. The first-order valence-electron chi connectivity index (χ1n) is 21.8. The van der Waals surface area contributed by atoms with E-state index in [4.69, 9.17) is 22.9 Å². The number of allylic oxidation sites excluding steroid dienone is 2. The van der Waals surface area contributed by atoms with Gasteiger partial charge in [-0.15, -0.1) is 0 Å². The number of fused-ring (bicyclic) bond motifs is 12. The maximum Gasteiger partial charge on any atom is 0.150 e. The predicted molar refractivity (Wildman–Crippen MR) is 271 cm³/mol. The lowest BCUT2D eigenvalue weighted by molar-refractivity contribution is 1.20. The fraction of sp³-hybridized carbons (Fsp3) is 0.222. The Bertz CT molecular complexity index is 3180. The number of benzene rings is 4. The predicted octanol–water partition coefficient (Wildman–Crippen LogP) is 11.7. The molecule has 2 aliphatic carbocycles. The first kappa shape index (κ1) is 41.9. The first-order valence-corrected chi connectivity index (χ1v) is 21.8. The monoisotopic (exact) mass is 842 g/mol. The summed E-state index contributed by atoms with van der Waals surface area (Å²) in [5, 5.41) is 4.85. The van der Waals surface area contributed by atoms with Gasteiger partial charge in [-0.3, -0.25) is 9.98 Å². The molecule has 0 fully saturated rings. The number of nitrogens with two attached hydrogens (primary N) is 4. The number of hydrogen-bond acceptors (Lipinski definition) is 10. The Balaban J connectivity index is 0.000000108. The van der Waals surface area contributed by atoms with Gasteiger partial charge in [-0.05, 0) is 138 Å². The van der Waals surface area contributed by atoms with Crippen LogP contribution in [0.5, 0.6) is 0 Å². The molecule has 64 heavy (non-hydrogen) atoms. The number of anilines is 4. The van der Waals surface area contributed by atoms with E-state index in [2.05, 4.69) is 150 Å². The van der Waals surface area contributed by atoms with Crippen LogP contribution in [-0.4, -0.2) is 31.4 Å². The molecule has 0 amide bonds. The van der Waals surface area contributed by atoms with Crippen LogP contribution in [0.2, 0.25) is 0 Å². The van der Waals surface area contributed by atoms with E-state index in [9.17, 15) is 0 Å². The van der Waals surface area contributed by atoms with E-state index in [0.717, 1.165) is 81.7 Å². The Morgan fingerprint density at radius 2 is 0.719 bits per heavy atom. The minimum absolute atomic E-state index is 0.545. The van der Waals surface area contributed by atoms with Gasteiger partial charge < -0.3 is 22.9 Å². The lowest BCUT2D eigenvalue weighted by Gasteiger charge is -2.08. The Morgan fingerprint density at radius 1 is 0.359 bits per heavy atom. The largest absolute Gasteiger partial charge is 0.383 e. The van der Waals surface area contributed by atoms with Crippen molar-refractivity contribution in [2.75, 3.05) is 22.9 Å². The molecule has 8 aromatic rings. The van der Waals surface area contributed by atoms with E-state index < -0.39 is 0 Å². The Kier molecular flexibility index (Phi) is 10.7. The lowest BCUT2D eigenvalue weighted by atomic mass is 10.0. The topological polar surface area (TPSA) is 180 Å². The van der Waals surface area contributed by atoms with E-state index in [0.29, 0.717) is 23.3 Å². The van der Waals surface area contributed by atoms with Gasteiger partial charge in [-0.2, -0.15) is 0 Å². The van der Waals surface area contributed by atoms with Gasteiger partial charge >= 0.3 is 0 Å². The molecular formula is C54H54N10. The SMILES string of the molecule is CC1=Cc2c(N)nc3cc(C)ccc3c2C1.CC1=Cc2c(N)nc3ccc(C)cc3c2C1.CC1=Nc2c(N)nc3cc(C)ccc3c2C1.CC1=Nc2c(N)nc3ccc(C)cc3c2C1. The zero-order chi connectivity index (χ0) is 45.1. The molecule has 0 unspecified atom stereocenters. The van der Waals surface area contributed by atoms with Crippen molar-refractivity contribution in [3.63, 3.8) is 0 Å². The van der Waals surface area contributed by atoms with E-state index in [1.54, 1.807) is 0 Å². The van der Waals surface area contributed by atoms with Gasteiger partial charge in [-0.1, -0.05) is 70.8 Å². The fourth-order valence-corrected chi connectivity index (χ4v) is 9.30. The number of aryl methyl sites for hydroxylation is 4. The molecule has 10 nitrogen and oxygen atoms in total. The van der Waals surface area contributed by atoms with Gasteiger partial charge in [-0.25, -0.2) is 19.9 Å². The molecule has 0 spiro atoms. The number of nitrogen functional groups attached to an aromatic ring is 4. The zero-order valence-electron chi connectivity index (χ0n) is 37.9. The number of nitrogens with zero attached hydrogens (tertiary/aromatic N) is 6. The van der Waals surface area contributed by atoms with Crippen molar-refractivity contribution < 1.29 is 0 Å². The van der Waals surface area contributed by atoms with Gasteiger partial charge in [0.1, 0.15) is 34.6 Å². The van der Waals surface area contributed by atoms with Crippen LogP contribution in [0, 0.1) is 27.7 Å². The molecule has 4 aromatic carbocycles. The van der Waals surface area contributed by atoms with Crippen molar-refractivity contribution in [1.29, 1.82) is 0 Å². The molecule has 0 atom stereocenters. The third-order valence-corrected chi connectivity index (χ3v) is 12.3. The fourth-order valence-electron chi connectivity index (χ4n) is 9.30. The van der Waals surface area contributed by atoms with Crippen molar-refractivity contribution in [1.82, 2.24) is 19.9 Å². The van der Waals surface area contributed by atoms with Gasteiger partial charge in [0.25, 0.3) is 0 Å². The van der Waals surface area contributed by atoms with E-state index in [1.165, 1.54) is 77.2 Å². The summed E-state index contributed by atoms with van der Waals surface area (Å²) in [5.41, 5.74) is 46.8. The van der Waals surface area contributed by atoms with Crippen LogP contribution in [0.1, 0.15) is 83.3 Å². The molecule has 2 aliphatic heterocycles. The number of pyridine rings is 4. The van der Waals surface area contributed by atoms with Crippen molar-refractivity contribution in [2.24, 2.45) is 9.98 Å². The highest BCUT2D eigenvalue weighted by Crippen LogP contribution is 2.39. The van der Waals surface area contributed by atoms with E-state index >= 15 is 0 Å². The van der Waals surface area contributed by atoms with Crippen LogP contribution in [0.25, 0.3) is 55.8 Å². The summed E-state index contributed by atoms with van der Waals surface area (Å²) in [6.45, 7) is 16.7. The summed E-state index contributed by atoms with van der Waals surface area (Å²) in [6, 6.07) is 25.2. The molecule has 0 bridgehead atoms. The maximum absolute atomic E-state index is 5.99. The Morgan fingerprint density at radius 3 is 1.22 bits per heavy atom. The summed E-state index contributed by atoms with van der Waals surface area (Å²) in [5.74, 6) is 2.40. The van der Waals surface area contributed by atoms with E-state index in [-0.39, 0.29) is 0 Å².